The van der Waals surface area contributed by atoms with Gasteiger partial charge in [-0.25, -0.2) is 9.37 Å². The minimum absolute atomic E-state index is 0.263. The number of aryl methyl sites for hydroxylation is 1. The fourth-order valence-electron chi connectivity index (χ4n) is 1.78. The van der Waals surface area contributed by atoms with Crippen molar-refractivity contribution in [2.24, 2.45) is 5.73 Å². The second-order valence-electron chi connectivity index (χ2n) is 4.00. The van der Waals surface area contributed by atoms with Crippen LogP contribution in [-0.2, 0) is 13.0 Å². The summed E-state index contributed by atoms with van der Waals surface area (Å²) < 4.78 is 14.1. The number of nitrogens with two attached hydrogens (primary N) is 1. The summed E-state index contributed by atoms with van der Waals surface area (Å²) in [5.41, 5.74) is 7.56. The monoisotopic (exact) mass is 328 g/mol. The zero-order valence-electron chi connectivity index (χ0n) is 10.0. The first-order valence-corrected chi connectivity index (χ1v) is 7.40. The van der Waals surface area contributed by atoms with Crippen molar-refractivity contribution in [1.29, 1.82) is 0 Å². The van der Waals surface area contributed by atoms with E-state index in [1.165, 1.54) is 12.1 Å². The van der Waals surface area contributed by atoms with E-state index in [0.29, 0.717) is 6.54 Å². The van der Waals surface area contributed by atoms with Gasteiger partial charge in [-0.1, -0.05) is 29.3 Å². The molecular weight excluding hydrogens is 315 g/mol. The summed E-state index contributed by atoms with van der Waals surface area (Å²) in [5.74, 6) is -0.263. The van der Waals surface area contributed by atoms with Crippen LogP contribution in [0.3, 0.4) is 0 Å². The lowest BCUT2D eigenvalue weighted by Crippen LogP contribution is -1.97. The molecule has 5 heteroatoms. The zero-order valence-corrected chi connectivity index (χ0v) is 12.4. The van der Waals surface area contributed by atoms with Crippen LogP contribution in [0.4, 0.5) is 4.39 Å². The van der Waals surface area contributed by atoms with Crippen LogP contribution in [0, 0.1) is 5.82 Å². The molecule has 0 amide bonds. The lowest BCUT2D eigenvalue weighted by Gasteiger charge is -1.98. The number of hydrogen-bond donors (Lipinski definition) is 1. The maximum Gasteiger partial charge on any atom is 0.125 e. The van der Waals surface area contributed by atoms with Crippen LogP contribution in [0.25, 0.3) is 10.6 Å². The molecule has 0 atom stereocenters. The van der Waals surface area contributed by atoms with E-state index in [1.807, 2.05) is 6.07 Å². The summed E-state index contributed by atoms with van der Waals surface area (Å²) in [6, 6.07) is 4.81. The fourth-order valence-corrected chi connectivity index (χ4v) is 3.21. The van der Waals surface area contributed by atoms with Crippen molar-refractivity contribution in [1.82, 2.24) is 4.98 Å². The predicted octanol–water partition coefficient (Wildman–Crippen LogP) is 4.12. The molecule has 0 saturated heterocycles. The van der Waals surface area contributed by atoms with E-state index in [9.17, 15) is 4.39 Å². The van der Waals surface area contributed by atoms with Gasteiger partial charge in [-0.3, -0.25) is 0 Å². The van der Waals surface area contributed by atoms with Crippen molar-refractivity contribution in [2.45, 2.75) is 26.3 Å². The summed E-state index contributed by atoms with van der Waals surface area (Å²) in [7, 11) is 0. The summed E-state index contributed by atoms with van der Waals surface area (Å²) >= 11 is 4.84. The summed E-state index contributed by atoms with van der Waals surface area (Å²) in [4.78, 5) is 5.66. The molecule has 0 fully saturated rings. The number of aromatic nitrogens is 1. The quantitative estimate of drug-likeness (QED) is 0.916. The molecule has 0 unspecified atom stereocenters. The summed E-state index contributed by atoms with van der Waals surface area (Å²) in [6.45, 7) is 2.60. The van der Waals surface area contributed by atoms with Gasteiger partial charge in [-0.15, -0.1) is 11.3 Å². The van der Waals surface area contributed by atoms with Crippen molar-refractivity contribution in [2.75, 3.05) is 0 Å². The lowest BCUT2D eigenvalue weighted by atomic mass is 10.2. The Morgan fingerprint density at radius 1 is 1.39 bits per heavy atom. The van der Waals surface area contributed by atoms with Crippen molar-refractivity contribution >= 4 is 27.3 Å². The Labute approximate surface area is 118 Å². The minimum atomic E-state index is -0.263. The number of rotatable bonds is 4. The Kier molecular flexibility index (Phi) is 4.48. The van der Waals surface area contributed by atoms with Crippen LogP contribution in [0.2, 0.25) is 0 Å². The summed E-state index contributed by atoms with van der Waals surface area (Å²) in [6.07, 6.45) is 1.95. The molecular formula is C13H14BrFN2S. The number of halogens is 2. The first-order valence-electron chi connectivity index (χ1n) is 5.79. The van der Waals surface area contributed by atoms with Crippen LogP contribution in [0.5, 0.6) is 0 Å². The highest BCUT2D eigenvalue weighted by Gasteiger charge is 2.12. The van der Waals surface area contributed by atoms with E-state index < -0.39 is 0 Å². The van der Waals surface area contributed by atoms with Crippen molar-refractivity contribution in [3.8, 4) is 10.6 Å². The number of nitrogens with zero attached hydrogens (tertiary/aromatic N) is 1. The Morgan fingerprint density at radius 2 is 2.17 bits per heavy atom. The normalized spacial score (nSPS) is 10.9. The van der Waals surface area contributed by atoms with Gasteiger partial charge in [0.25, 0.3) is 0 Å². The van der Waals surface area contributed by atoms with Crippen molar-refractivity contribution in [3.05, 3.63) is 39.1 Å². The van der Waals surface area contributed by atoms with E-state index >= 15 is 0 Å². The second kappa shape index (κ2) is 5.91. The molecule has 96 valence electrons. The number of thiazole rings is 1. The maximum atomic E-state index is 13.4. The molecule has 18 heavy (non-hydrogen) atoms. The second-order valence-corrected chi connectivity index (χ2v) is 6.00. The minimum Gasteiger partial charge on any atom is -0.326 e. The Bertz CT molecular complexity index is 534. The molecule has 2 nitrogen and oxygen atoms in total. The topological polar surface area (TPSA) is 38.9 Å². The SMILES string of the molecule is CCCc1nc(-c2cc(F)cc(Br)c2)sc1CN. The van der Waals surface area contributed by atoms with Crippen molar-refractivity contribution < 1.29 is 4.39 Å². The highest BCUT2D eigenvalue weighted by Crippen LogP contribution is 2.31. The van der Waals surface area contributed by atoms with Gasteiger partial charge < -0.3 is 5.73 Å². The van der Waals surface area contributed by atoms with E-state index in [2.05, 4.69) is 27.8 Å². The third kappa shape index (κ3) is 2.96. The molecule has 1 aromatic heterocycles. The molecule has 1 aromatic carbocycles. The lowest BCUT2D eigenvalue weighted by molar-refractivity contribution is 0.627. The van der Waals surface area contributed by atoms with Crippen LogP contribution in [0.1, 0.15) is 23.9 Å². The molecule has 2 N–H and O–H groups in total. The molecule has 2 rings (SSSR count). The highest BCUT2D eigenvalue weighted by atomic mass is 79.9. The Morgan fingerprint density at radius 3 is 2.78 bits per heavy atom. The third-order valence-electron chi connectivity index (χ3n) is 2.56. The van der Waals surface area contributed by atoms with Gasteiger partial charge >= 0.3 is 0 Å². The van der Waals surface area contributed by atoms with Gasteiger partial charge in [0.2, 0.25) is 0 Å². The number of benzene rings is 1. The highest BCUT2D eigenvalue weighted by molar-refractivity contribution is 9.10. The Hall–Kier alpha value is -0.780. The smallest absolute Gasteiger partial charge is 0.125 e. The summed E-state index contributed by atoms with van der Waals surface area (Å²) in [5, 5.41) is 0.833. The standard InChI is InChI=1S/C13H14BrFN2S/c1-2-3-11-12(7-16)18-13(17-11)8-4-9(14)6-10(15)5-8/h4-6H,2-3,7,16H2,1H3. The molecule has 0 saturated carbocycles. The average Bonchev–Trinajstić information content (AvgIpc) is 2.71. The molecule has 1 heterocycles. The van der Waals surface area contributed by atoms with E-state index in [1.54, 1.807) is 11.3 Å². The molecule has 0 aliphatic rings. The van der Waals surface area contributed by atoms with Gasteiger partial charge in [-0.05, 0) is 24.6 Å². The van der Waals surface area contributed by atoms with Gasteiger partial charge in [0, 0.05) is 21.5 Å². The molecule has 0 spiro atoms. The van der Waals surface area contributed by atoms with Crippen LogP contribution >= 0.6 is 27.3 Å². The Balaban J connectivity index is 2.43. The van der Waals surface area contributed by atoms with Crippen molar-refractivity contribution in [3.63, 3.8) is 0 Å². The van der Waals surface area contributed by atoms with E-state index in [0.717, 1.165) is 38.5 Å². The molecule has 0 aliphatic heterocycles. The zero-order chi connectivity index (χ0) is 13.1. The van der Waals surface area contributed by atoms with Gasteiger partial charge in [0.15, 0.2) is 0 Å². The van der Waals surface area contributed by atoms with Gasteiger partial charge in [-0.2, -0.15) is 0 Å². The average molecular weight is 329 g/mol. The van der Waals surface area contributed by atoms with Gasteiger partial charge in [0.05, 0.1) is 5.69 Å². The van der Waals surface area contributed by atoms with Crippen LogP contribution < -0.4 is 5.73 Å². The third-order valence-corrected chi connectivity index (χ3v) is 4.19. The van der Waals surface area contributed by atoms with Crippen LogP contribution in [0.15, 0.2) is 22.7 Å². The first kappa shape index (κ1) is 13.6. The van der Waals surface area contributed by atoms with E-state index in [-0.39, 0.29) is 5.82 Å². The van der Waals surface area contributed by atoms with E-state index in [4.69, 9.17) is 5.73 Å². The number of hydrogen-bond acceptors (Lipinski definition) is 3. The first-order chi connectivity index (χ1) is 8.63. The van der Waals surface area contributed by atoms with Crippen LogP contribution in [-0.4, -0.2) is 4.98 Å². The largest absolute Gasteiger partial charge is 0.326 e. The maximum absolute atomic E-state index is 13.4. The molecule has 0 radical (unpaired) electrons. The molecule has 2 aromatic rings. The van der Waals surface area contributed by atoms with Gasteiger partial charge in [0.1, 0.15) is 10.8 Å². The molecule has 0 bridgehead atoms. The molecule has 0 aliphatic carbocycles. The predicted molar refractivity (Wildman–Crippen MR) is 77.1 cm³/mol. The fraction of sp³-hybridized carbons (Fsp3) is 0.308.